The van der Waals surface area contributed by atoms with Crippen LogP contribution in [0.5, 0.6) is 0 Å². The first-order valence-corrected chi connectivity index (χ1v) is 6.90. The topological polar surface area (TPSA) is 52.0 Å². The maximum Gasteiger partial charge on any atom is -0.00714 e. The highest BCUT2D eigenvalue weighted by molar-refractivity contribution is 5.63. The molecular formula is C17H22N2. The van der Waals surface area contributed by atoms with Gasteiger partial charge in [0.2, 0.25) is 0 Å². The van der Waals surface area contributed by atoms with Gasteiger partial charge < -0.3 is 11.5 Å². The summed E-state index contributed by atoms with van der Waals surface area (Å²) in [4.78, 5) is 0. The van der Waals surface area contributed by atoms with Crippen molar-refractivity contribution in [3.8, 4) is 11.1 Å². The van der Waals surface area contributed by atoms with Gasteiger partial charge in [0.15, 0.2) is 0 Å². The van der Waals surface area contributed by atoms with Crippen molar-refractivity contribution in [1.29, 1.82) is 0 Å². The molecule has 0 aromatic heterocycles. The molecule has 2 heteroatoms. The van der Waals surface area contributed by atoms with Crippen molar-refractivity contribution in [2.24, 2.45) is 11.5 Å². The average Bonchev–Trinajstić information content (AvgIpc) is 2.48. The van der Waals surface area contributed by atoms with Gasteiger partial charge >= 0.3 is 0 Å². The van der Waals surface area contributed by atoms with Crippen LogP contribution in [0.2, 0.25) is 0 Å². The second-order valence-corrected chi connectivity index (χ2v) is 4.84. The molecule has 0 atom stereocenters. The van der Waals surface area contributed by atoms with E-state index in [1.807, 2.05) is 6.07 Å². The molecule has 0 unspecified atom stereocenters. The number of nitrogens with two attached hydrogens (primary N) is 2. The largest absolute Gasteiger partial charge is 0.330 e. The smallest absolute Gasteiger partial charge is 0.00714 e. The van der Waals surface area contributed by atoms with Crippen LogP contribution in [0.25, 0.3) is 11.1 Å². The van der Waals surface area contributed by atoms with E-state index in [1.54, 1.807) is 0 Å². The quantitative estimate of drug-likeness (QED) is 0.832. The van der Waals surface area contributed by atoms with Crippen molar-refractivity contribution in [3.63, 3.8) is 0 Å². The van der Waals surface area contributed by atoms with Gasteiger partial charge in [-0.05, 0) is 48.5 Å². The van der Waals surface area contributed by atoms with Crippen LogP contribution in [0.15, 0.2) is 54.6 Å². The van der Waals surface area contributed by atoms with Gasteiger partial charge in [0.05, 0.1) is 0 Å². The van der Waals surface area contributed by atoms with Crippen molar-refractivity contribution in [1.82, 2.24) is 0 Å². The maximum absolute atomic E-state index is 5.68. The molecule has 0 amide bonds. The lowest BCUT2D eigenvalue weighted by molar-refractivity contribution is 0.592. The summed E-state index contributed by atoms with van der Waals surface area (Å²) in [5.74, 6) is 0.486. The summed E-state index contributed by atoms with van der Waals surface area (Å²) >= 11 is 0. The van der Waals surface area contributed by atoms with Gasteiger partial charge in [-0.15, -0.1) is 0 Å². The highest BCUT2D eigenvalue weighted by atomic mass is 14.5. The Morgan fingerprint density at radius 1 is 0.684 bits per heavy atom. The Bertz CT molecular complexity index is 470. The molecule has 0 heterocycles. The van der Waals surface area contributed by atoms with E-state index in [0.717, 1.165) is 12.8 Å². The lowest BCUT2D eigenvalue weighted by Gasteiger charge is -2.16. The van der Waals surface area contributed by atoms with Crippen LogP contribution in [0.3, 0.4) is 0 Å². The van der Waals surface area contributed by atoms with E-state index < -0.39 is 0 Å². The van der Waals surface area contributed by atoms with Crippen molar-refractivity contribution < 1.29 is 0 Å². The monoisotopic (exact) mass is 254 g/mol. The first-order valence-electron chi connectivity index (χ1n) is 6.90. The predicted molar refractivity (Wildman–Crippen MR) is 82.0 cm³/mol. The normalized spacial score (nSPS) is 10.9. The Labute approximate surface area is 115 Å². The molecule has 2 nitrogen and oxygen atoms in total. The van der Waals surface area contributed by atoms with Crippen LogP contribution in [0.4, 0.5) is 0 Å². The third-order valence-electron chi connectivity index (χ3n) is 3.52. The molecule has 0 saturated heterocycles. The minimum absolute atomic E-state index is 0.486. The summed E-state index contributed by atoms with van der Waals surface area (Å²) in [7, 11) is 0. The maximum atomic E-state index is 5.68. The first kappa shape index (κ1) is 13.8. The van der Waals surface area contributed by atoms with E-state index in [0.29, 0.717) is 19.0 Å². The zero-order valence-corrected chi connectivity index (χ0v) is 11.3. The number of benzene rings is 2. The van der Waals surface area contributed by atoms with Gasteiger partial charge in [-0.1, -0.05) is 54.6 Å². The molecule has 2 rings (SSSR count). The molecule has 4 N–H and O–H groups in total. The fourth-order valence-corrected chi connectivity index (χ4v) is 2.46. The minimum atomic E-state index is 0.486. The van der Waals surface area contributed by atoms with Crippen LogP contribution in [0, 0.1) is 0 Å². The van der Waals surface area contributed by atoms with Crippen molar-refractivity contribution in [3.05, 3.63) is 60.2 Å². The summed E-state index contributed by atoms with van der Waals surface area (Å²) < 4.78 is 0. The molecule has 2 aromatic rings. The van der Waals surface area contributed by atoms with E-state index in [-0.39, 0.29) is 0 Å². The number of hydrogen-bond acceptors (Lipinski definition) is 2. The number of hydrogen-bond donors (Lipinski definition) is 2. The van der Waals surface area contributed by atoms with E-state index in [1.165, 1.54) is 16.7 Å². The third-order valence-corrected chi connectivity index (χ3v) is 3.52. The van der Waals surface area contributed by atoms with Crippen LogP contribution >= 0.6 is 0 Å². The highest BCUT2D eigenvalue weighted by Gasteiger charge is 2.09. The second kappa shape index (κ2) is 7.07. The molecule has 0 aliphatic carbocycles. The van der Waals surface area contributed by atoms with Gasteiger partial charge in [0.25, 0.3) is 0 Å². The van der Waals surface area contributed by atoms with Gasteiger partial charge in [-0.25, -0.2) is 0 Å². The van der Waals surface area contributed by atoms with E-state index in [2.05, 4.69) is 48.5 Å². The van der Waals surface area contributed by atoms with Crippen molar-refractivity contribution in [2.45, 2.75) is 18.8 Å². The van der Waals surface area contributed by atoms with Crippen molar-refractivity contribution >= 4 is 0 Å². The zero-order chi connectivity index (χ0) is 13.5. The molecule has 19 heavy (non-hydrogen) atoms. The third kappa shape index (κ3) is 3.66. The standard InChI is InChI=1S/C17H22N2/c18-12-10-17(11-13-19)16-8-6-15(7-9-16)14-4-2-1-3-5-14/h1-9,17H,10-13,18-19H2. The van der Waals surface area contributed by atoms with Gasteiger partial charge in [0, 0.05) is 0 Å². The molecule has 100 valence electrons. The van der Waals surface area contributed by atoms with Crippen molar-refractivity contribution in [2.75, 3.05) is 13.1 Å². The number of rotatable bonds is 6. The Hall–Kier alpha value is -1.64. The SMILES string of the molecule is NCCC(CCN)c1ccc(-c2ccccc2)cc1. The van der Waals surface area contributed by atoms with Gasteiger partial charge in [0.1, 0.15) is 0 Å². The van der Waals surface area contributed by atoms with E-state index in [9.17, 15) is 0 Å². The molecule has 0 aliphatic rings. The Morgan fingerprint density at radius 2 is 1.21 bits per heavy atom. The van der Waals surface area contributed by atoms with Crippen LogP contribution < -0.4 is 11.5 Å². The van der Waals surface area contributed by atoms with Crippen LogP contribution in [0.1, 0.15) is 24.3 Å². The molecule has 0 spiro atoms. The summed E-state index contributed by atoms with van der Waals surface area (Å²) in [5.41, 5.74) is 15.2. The molecule has 0 aliphatic heterocycles. The molecule has 0 bridgehead atoms. The predicted octanol–water partition coefficient (Wildman–Crippen LogP) is 3.13. The molecule has 0 saturated carbocycles. The van der Waals surface area contributed by atoms with Gasteiger partial charge in [-0.2, -0.15) is 0 Å². The Balaban J connectivity index is 2.17. The molecular weight excluding hydrogens is 232 g/mol. The Kier molecular flexibility index (Phi) is 5.13. The molecule has 2 aromatic carbocycles. The highest BCUT2D eigenvalue weighted by Crippen LogP contribution is 2.26. The lowest BCUT2D eigenvalue weighted by Crippen LogP contribution is -2.12. The van der Waals surface area contributed by atoms with Crippen LogP contribution in [-0.4, -0.2) is 13.1 Å². The first-order chi connectivity index (χ1) is 9.35. The zero-order valence-electron chi connectivity index (χ0n) is 11.3. The van der Waals surface area contributed by atoms with E-state index >= 15 is 0 Å². The Morgan fingerprint density at radius 3 is 1.74 bits per heavy atom. The average molecular weight is 254 g/mol. The summed E-state index contributed by atoms with van der Waals surface area (Å²) in [5, 5.41) is 0. The minimum Gasteiger partial charge on any atom is -0.330 e. The fourth-order valence-electron chi connectivity index (χ4n) is 2.46. The lowest BCUT2D eigenvalue weighted by atomic mass is 9.91. The summed E-state index contributed by atoms with van der Waals surface area (Å²) in [6.07, 6.45) is 2.00. The second-order valence-electron chi connectivity index (χ2n) is 4.84. The fraction of sp³-hybridized carbons (Fsp3) is 0.294. The molecule has 0 fully saturated rings. The van der Waals surface area contributed by atoms with Gasteiger partial charge in [-0.3, -0.25) is 0 Å². The van der Waals surface area contributed by atoms with Crippen LogP contribution in [-0.2, 0) is 0 Å². The summed E-state index contributed by atoms with van der Waals surface area (Å²) in [6.45, 7) is 1.43. The molecule has 0 radical (unpaired) electrons. The van der Waals surface area contributed by atoms with E-state index in [4.69, 9.17) is 11.5 Å². The summed E-state index contributed by atoms with van der Waals surface area (Å²) in [6, 6.07) is 19.2.